The van der Waals surface area contributed by atoms with Gasteiger partial charge in [0.2, 0.25) is 0 Å². The lowest BCUT2D eigenvalue weighted by Gasteiger charge is -2.19. The lowest BCUT2D eigenvalue weighted by molar-refractivity contribution is 0.291. The molecule has 2 heterocycles. The van der Waals surface area contributed by atoms with E-state index in [0.29, 0.717) is 5.92 Å². The fourth-order valence-electron chi connectivity index (χ4n) is 2.81. The maximum atomic E-state index is 4.75. The predicted molar refractivity (Wildman–Crippen MR) is 96.8 cm³/mol. The van der Waals surface area contributed by atoms with E-state index in [9.17, 15) is 0 Å². The number of nitrogens with one attached hydrogen (secondary N) is 2. The summed E-state index contributed by atoms with van der Waals surface area (Å²) in [6.07, 6.45) is 3.79. The minimum absolute atomic E-state index is 0.617. The zero-order valence-corrected chi connectivity index (χ0v) is 14.8. The Balaban J connectivity index is 1.70. The second-order valence-electron chi connectivity index (χ2n) is 6.09. The van der Waals surface area contributed by atoms with Gasteiger partial charge in [-0.1, -0.05) is 13.0 Å². The summed E-state index contributed by atoms with van der Waals surface area (Å²) in [6.45, 7) is 10.9. The van der Waals surface area contributed by atoms with Crippen molar-refractivity contribution in [1.29, 1.82) is 0 Å². The van der Waals surface area contributed by atoms with E-state index in [1.165, 1.54) is 37.4 Å². The highest BCUT2D eigenvalue weighted by atomic mass is 32.1. The Morgan fingerprint density at radius 2 is 2.18 bits per heavy atom. The molecule has 1 aliphatic heterocycles. The van der Waals surface area contributed by atoms with Gasteiger partial charge in [0.15, 0.2) is 5.96 Å². The summed E-state index contributed by atoms with van der Waals surface area (Å²) >= 11 is 1.82. The summed E-state index contributed by atoms with van der Waals surface area (Å²) in [7, 11) is 0. The molecule has 0 spiro atoms. The number of nitrogens with zero attached hydrogens (tertiary/aromatic N) is 2. The first-order valence-electron chi connectivity index (χ1n) is 8.55. The average Bonchev–Trinajstić information content (AvgIpc) is 3.18. The van der Waals surface area contributed by atoms with Crippen LogP contribution in [-0.2, 0) is 6.42 Å². The van der Waals surface area contributed by atoms with E-state index in [1.54, 1.807) is 0 Å². The molecular weight excluding hydrogens is 292 g/mol. The highest BCUT2D eigenvalue weighted by molar-refractivity contribution is 7.09. The molecule has 1 unspecified atom stereocenters. The third-order valence-corrected chi connectivity index (χ3v) is 4.85. The number of thiophene rings is 1. The van der Waals surface area contributed by atoms with Gasteiger partial charge in [-0.05, 0) is 56.6 Å². The number of hydrogen-bond acceptors (Lipinski definition) is 3. The molecule has 0 aliphatic carbocycles. The number of likely N-dealkylation sites (tertiary alicyclic amines) is 1. The summed E-state index contributed by atoms with van der Waals surface area (Å²) in [5.41, 5.74) is 0. The van der Waals surface area contributed by atoms with Gasteiger partial charge in [0.1, 0.15) is 0 Å². The maximum absolute atomic E-state index is 4.75. The summed E-state index contributed by atoms with van der Waals surface area (Å²) in [5.74, 6) is 1.57. The van der Waals surface area contributed by atoms with Crippen LogP contribution in [-0.4, -0.2) is 50.1 Å². The zero-order valence-electron chi connectivity index (χ0n) is 14.0. The van der Waals surface area contributed by atoms with Crippen molar-refractivity contribution in [2.24, 2.45) is 10.9 Å². The summed E-state index contributed by atoms with van der Waals surface area (Å²) in [6, 6.07) is 4.30. The molecule has 5 heteroatoms. The van der Waals surface area contributed by atoms with Gasteiger partial charge in [0.25, 0.3) is 0 Å². The Morgan fingerprint density at radius 3 is 2.86 bits per heavy atom. The monoisotopic (exact) mass is 322 g/mol. The second-order valence-corrected chi connectivity index (χ2v) is 7.12. The van der Waals surface area contributed by atoms with Crippen LogP contribution in [0.25, 0.3) is 0 Å². The minimum Gasteiger partial charge on any atom is -0.357 e. The van der Waals surface area contributed by atoms with Crippen molar-refractivity contribution < 1.29 is 0 Å². The van der Waals surface area contributed by atoms with E-state index in [0.717, 1.165) is 32.0 Å². The van der Waals surface area contributed by atoms with E-state index in [4.69, 9.17) is 4.99 Å². The Kier molecular flexibility index (Phi) is 7.74. The van der Waals surface area contributed by atoms with Crippen LogP contribution < -0.4 is 10.6 Å². The standard InChI is InChI=1S/C17H30N4S/c1-3-18-17(19-9-8-16-7-6-12-22-16)20-13-15(2)14-21-10-4-5-11-21/h6-7,12,15H,3-5,8-11,13-14H2,1-2H3,(H2,18,19,20). The molecule has 22 heavy (non-hydrogen) atoms. The molecule has 0 aromatic carbocycles. The first kappa shape index (κ1) is 17.3. The van der Waals surface area contributed by atoms with Crippen LogP contribution in [0.15, 0.2) is 22.5 Å². The van der Waals surface area contributed by atoms with Crippen LogP contribution in [0.5, 0.6) is 0 Å². The van der Waals surface area contributed by atoms with E-state index in [2.05, 4.69) is 46.9 Å². The molecular formula is C17H30N4S. The van der Waals surface area contributed by atoms with Crippen LogP contribution in [0.4, 0.5) is 0 Å². The van der Waals surface area contributed by atoms with Gasteiger partial charge in [0.05, 0.1) is 0 Å². The minimum atomic E-state index is 0.617. The third-order valence-electron chi connectivity index (χ3n) is 3.92. The number of aliphatic imine (C=N–C) groups is 1. The van der Waals surface area contributed by atoms with Crippen molar-refractivity contribution in [3.05, 3.63) is 22.4 Å². The molecule has 0 radical (unpaired) electrons. The van der Waals surface area contributed by atoms with Gasteiger partial charge in [-0.2, -0.15) is 0 Å². The molecule has 0 bridgehead atoms. The van der Waals surface area contributed by atoms with E-state index in [1.807, 2.05) is 11.3 Å². The van der Waals surface area contributed by atoms with Gasteiger partial charge in [-0.3, -0.25) is 4.99 Å². The van der Waals surface area contributed by atoms with Crippen LogP contribution >= 0.6 is 11.3 Å². The van der Waals surface area contributed by atoms with Crippen LogP contribution in [0.3, 0.4) is 0 Å². The summed E-state index contributed by atoms with van der Waals surface area (Å²) < 4.78 is 0. The van der Waals surface area contributed by atoms with E-state index >= 15 is 0 Å². The van der Waals surface area contributed by atoms with Gasteiger partial charge in [-0.25, -0.2) is 0 Å². The molecule has 1 aromatic heterocycles. The van der Waals surface area contributed by atoms with Gasteiger partial charge >= 0.3 is 0 Å². The molecule has 2 N–H and O–H groups in total. The van der Waals surface area contributed by atoms with E-state index in [-0.39, 0.29) is 0 Å². The van der Waals surface area contributed by atoms with Crippen molar-refractivity contribution in [2.45, 2.75) is 33.1 Å². The molecule has 1 saturated heterocycles. The number of guanidine groups is 1. The fourth-order valence-corrected chi connectivity index (χ4v) is 3.52. The van der Waals surface area contributed by atoms with Crippen molar-refractivity contribution >= 4 is 17.3 Å². The van der Waals surface area contributed by atoms with Crippen molar-refractivity contribution in [3.63, 3.8) is 0 Å². The second kappa shape index (κ2) is 9.85. The lowest BCUT2D eigenvalue weighted by atomic mass is 10.2. The number of rotatable bonds is 8. The SMILES string of the molecule is CCNC(=NCC(C)CN1CCCC1)NCCc1cccs1. The molecule has 1 atom stereocenters. The molecule has 1 aliphatic rings. The Hall–Kier alpha value is -1.07. The van der Waals surface area contributed by atoms with Gasteiger partial charge < -0.3 is 15.5 Å². The van der Waals surface area contributed by atoms with Gasteiger partial charge in [-0.15, -0.1) is 11.3 Å². The normalized spacial score (nSPS) is 17.6. The fraction of sp³-hybridized carbons (Fsp3) is 0.706. The van der Waals surface area contributed by atoms with Crippen LogP contribution in [0, 0.1) is 5.92 Å². The molecule has 4 nitrogen and oxygen atoms in total. The maximum Gasteiger partial charge on any atom is 0.191 e. The van der Waals surface area contributed by atoms with Crippen LogP contribution in [0.1, 0.15) is 31.6 Å². The Morgan fingerprint density at radius 1 is 1.36 bits per heavy atom. The topological polar surface area (TPSA) is 39.7 Å². The highest BCUT2D eigenvalue weighted by Crippen LogP contribution is 2.10. The summed E-state index contributed by atoms with van der Waals surface area (Å²) in [5, 5.41) is 8.91. The first-order valence-corrected chi connectivity index (χ1v) is 9.42. The van der Waals surface area contributed by atoms with E-state index < -0.39 is 0 Å². The largest absolute Gasteiger partial charge is 0.357 e. The third kappa shape index (κ3) is 6.36. The summed E-state index contributed by atoms with van der Waals surface area (Å²) in [4.78, 5) is 8.73. The quantitative estimate of drug-likeness (QED) is 0.571. The molecule has 1 aromatic rings. The van der Waals surface area contributed by atoms with Gasteiger partial charge in [0, 0.05) is 31.1 Å². The lowest BCUT2D eigenvalue weighted by Crippen LogP contribution is -2.39. The highest BCUT2D eigenvalue weighted by Gasteiger charge is 2.14. The predicted octanol–water partition coefficient (Wildman–Crippen LogP) is 2.58. The molecule has 0 saturated carbocycles. The average molecular weight is 323 g/mol. The number of hydrogen-bond donors (Lipinski definition) is 2. The van der Waals surface area contributed by atoms with Crippen molar-refractivity contribution in [1.82, 2.24) is 15.5 Å². The smallest absolute Gasteiger partial charge is 0.191 e. The Labute approximate surface area is 139 Å². The molecule has 1 fully saturated rings. The molecule has 0 amide bonds. The Bertz CT molecular complexity index is 424. The van der Waals surface area contributed by atoms with Crippen LogP contribution in [0.2, 0.25) is 0 Å². The molecule has 124 valence electrons. The molecule has 2 rings (SSSR count). The first-order chi connectivity index (χ1) is 10.8. The van der Waals surface area contributed by atoms with Crippen molar-refractivity contribution in [2.75, 3.05) is 39.3 Å². The van der Waals surface area contributed by atoms with Crippen molar-refractivity contribution in [3.8, 4) is 0 Å². The zero-order chi connectivity index (χ0) is 15.6.